The number of rotatable bonds is 3. The molecule has 0 aliphatic carbocycles. The highest BCUT2D eigenvalue weighted by Gasteiger charge is 2.13. The smallest absolute Gasteiger partial charge is 0.331 e. The number of nitrogens with one attached hydrogen (secondary N) is 1. The summed E-state index contributed by atoms with van der Waals surface area (Å²) < 4.78 is 12.1. The summed E-state index contributed by atoms with van der Waals surface area (Å²) in [6, 6.07) is 10.6. The van der Waals surface area contributed by atoms with Gasteiger partial charge in [0.2, 0.25) is 0 Å². The summed E-state index contributed by atoms with van der Waals surface area (Å²) in [4.78, 5) is 15.0. The van der Waals surface area contributed by atoms with Crippen LogP contribution < -0.4 is 20.9 Å². The van der Waals surface area contributed by atoms with Crippen LogP contribution in [-0.4, -0.2) is 23.8 Å². The number of aromatic amines is 1. The summed E-state index contributed by atoms with van der Waals surface area (Å²) in [6.45, 7) is 0. The number of H-pyrrole nitrogens is 1. The molecular weight excluding hydrogens is 270 g/mol. The number of methoxy groups -OCH3 is 2. The summed E-state index contributed by atoms with van der Waals surface area (Å²) in [5.41, 5.74) is 8.21. The van der Waals surface area contributed by atoms with Crippen molar-refractivity contribution in [1.29, 1.82) is 0 Å². The summed E-state index contributed by atoms with van der Waals surface area (Å²) >= 11 is 0. The third-order valence-corrected chi connectivity index (χ3v) is 3.34. The molecule has 0 aliphatic heterocycles. The Morgan fingerprint density at radius 2 is 1.67 bits per heavy atom. The van der Waals surface area contributed by atoms with E-state index in [0.29, 0.717) is 28.2 Å². The van der Waals surface area contributed by atoms with Gasteiger partial charge in [0.15, 0.2) is 11.5 Å². The lowest BCUT2D eigenvalue weighted by atomic mass is 10.2. The second-order valence-electron chi connectivity index (χ2n) is 4.58. The molecule has 3 rings (SSSR count). The van der Waals surface area contributed by atoms with E-state index in [0.717, 1.165) is 5.69 Å². The van der Waals surface area contributed by atoms with Gasteiger partial charge in [-0.2, -0.15) is 0 Å². The van der Waals surface area contributed by atoms with Gasteiger partial charge in [-0.3, -0.25) is 4.57 Å². The first-order valence-corrected chi connectivity index (χ1v) is 6.36. The molecule has 3 N–H and O–H groups in total. The van der Waals surface area contributed by atoms with E-state index in [-0.39, 0.29) is 5.69 Å². The summed E-state index contributed by atoms with van der Waals surface area (Å²) in [6.07, 6.45) is 0. The van der Waals surface area contributed by atoms with Crippen LogP contribution in [0.2, 0.25) is 0 Å². The fourth-order valence-electron chi connectivity index (χ4n) is 2.31. The van der Waals surface area contributed by atoms with Crippen molar-refractivity contribution in [1.82, 2.24) is 9.55 Å². The molecule has 0 spiro atoms. The largest absolute Gasteiger partial charge is 0.493 e. The highest BCUT2D eigenvalue weighted by atomic mass is 16.5. The minimum Gasteiger partial charge on any atom is -0.493 e. The zero-order valence-electron chi connectivity index (χ0n) is 11.7. The molecule has 0 unspecified atom stereocenters. The second kappa shape index (κ2) is 4.90. The van der Waals surface area contributed by atoms with Gasteiger partial charge in [-0.15, -0.1) is 0 Å². The molecule has 0 saturated carbocycles. The minimum atomic E-state index is -0.231. The SMILES string of the molecule is COc1cc2[nH]c(=O)n(-c3ccc(N)cc3)c2cc1OC. The monoisotopic (exact) mass is 285 g/mol. The van der Waals surface area contributed by atoms with Gasteiger partial charge in [0.25, 0.3) is 0 Å². The van der Waals surface area contributed by atoms with Gasteiger partial charge in [0.1, 0.15) is 0 Å². The molecule has 0 radical (unpaired) electrons. The van der Waals surface area contributed by atoms with Gasteiger partial charge in [0, 0.05) is 17.8 Å². The van der Waals surface area contributed by atoms with E-state index in [1.807, 2.05) is 0 Å². The number of nitrogens with two attached hydrogens (primary N) is 1. The molecular formula is C15H15N3O3. The molecule has 3 aromatic rings. The molecule has 0 amide bonds. The lowest BCUT2D eigenvalue weighted by Crippen LogP contribution is -2.14. The fourth-order valence-corrected chi connectivity index (χ4v) is 2.31. The number of ether oxygens (including phenoxy) is 2. The Bertz CT molecular complexity index is 847. The number of fused-ring (bicyclic) bond motifs is 1. The van der Waals surface area contributed by atoms with Crippen LogP contribution in [0.25, 0.3) is 16.7 Å². The zero-order valence-corrected chi connectivity index (χ0v) is 11.7. The van der Waals surface area contributed by atoms with Crippen molar-refractivity contribution in [3.05, 3.63) is 46.9 Å². The number of imidazole rings is 1. The van der Waals surface area contributed by atoms with Gasteiger partial charge in [-0.1, -0.05) is 0 Å². The van der Waals surface area contributed by atoms with Crippen molar-refractivity contribution in [3.63, 3.8) is 0 Å². The minimum absolute atomic E-state index is 0.231. The average Bonchev–Trinajstić information content (AvgIpc) is 2.81. The standard InChI is InChI=1S/C15H15N3O3/c1-20-13-7-11-12(8-14(13)21-2)18(15(19)17-11)10-5-3-9(16)4-6-10/h3-8H,16H2,1-2H3,(H,17,19). The lowest BCUT2D eigenvalue weighted by molar-refractivity contribution is 0.355. The molecule has 1 aromatic heterocycles. The average molecular weight is 285 g/mol. The molecule has 0 aliphatic rings. The van der Waals surface area contributed by atoms with E-state index in [4.69, 9.17) is 15.2 Å². The molecule has 6 heteroatoms. The van der Waals surface area contributed by atoms with Crippen molar-refractivity contribution >= 4 is 16.7 Å². The van der Waals surface area contributed by atoms with Gasteiger partial charge < -0.3 is 20.2 Å². The van der Waals surface area contributed by atoms with Crippen molar-refractivity contribution in [2.75, 3.05) is 20.0 Å². The van der Waals surface area contributed by atoms with Crippen LogP contribution in [0, 0.1) is 0 Å². The van der Waals surface area contributed by atoms with Crippen LogP contribution in [0.4, 0.5) is 5.69 Å². The van der Waals surface area contributed by atoms with E-state index >= 15 is 0 Å². The summed E-state index contributed by atoms with van der Waals surface area (Å²) in [7, 11) is 3.11. The number of nitrogen functional groups attached to an aromatic ring is 1. The van der Waals surface area contributed by atoms with Crippen LogP contribution in [0.1, 0.15) is 0 Å². The van der Waals surface area contributed by atoms with E-state index in [1.165, 1.54) is 0 Å². The number of aromatic nitrogens is 2. The summed E-state index contributed by atoms with van der Waals surface area (Å²) in [5.74, 6) is 1.13. The number of benzene rings is 2. The Morgan fingerprint density at radius 3 is 2.29 bits per heavy atom. The lowest BCUT2D eigenvalue weighted by Gasteiger charge is -2.09. The Labute approximate surface area is 120 Å². The van der Waals surface area contributed by atoms with Crippen molar-refractivity contribution in [2.24, 2.45) is 0 Å². The topological polar surface area (TPSA) is 82.3 Å². The predicted molar refractivity (Wildman–Crippen MR) is 81.4 cm³/mol. The first-order chi connectivity index (χ1) is 10.1. The van der Waals surface area contributed by atoms with Crippen LogP contribution in [-0.2, 0) is 0 Å². The molecule has 108 valence electrons. The predicted octanol–water partition coefficient (Wildman–Crippen LogP) is 1.92. The van der Waals surface area contributed by atoms with E-state index in [1.54, 1.807) is 55.2 Å². The van der Waals surface area contributed by atoms with Crippen LogP contribution in [0.5, 0.6) is 11.5 Å². The Kier molecular flexibility index (Phi) is 3.06. The highest BCUT2D eigenvalue weighted by Crippen LogP contribution is 2.31. The van der Waals surface area contributed by atoms with E-state index in [9.17, 15) is 4.79 Å². The Balaban J connectivity index is 2.30. The Morgan fingerprint density at radius 1 is 1.05 bits per heavy atom. The molecule has 0 atom stereocenters. The fraction of sp³-hybridized carbons (Fsp3) is 0.133. The van der Waals surface area contributed by atoms with Crippen molar-refractivity contribution in [3.8, 4) is 17.2 Å². The first-order valence-electron chi connectivity index (χ1n) is 6.36. The van der Waals surface area contributed by atoms with Gasteiger partial charge in [0.05, 0.1) is 30.9 Å². The first kappa shape index (κ1) is 13.1. The quantitative estimate of drug-likeness (QED) is 0.720. The van der Waals surface area contributed by atoms with E-state index < -0.39 is 0 Å². The molecule has 2 aromatic carbocycles. The molecule has 1 heterocycles. The van der Waals surface area contributed by atoms with Crippen LogP contribution >= 0.6 is 0 Å². The Hall–Kier alpha value is -2.89. The third-order valence-electron chi connectivity index (χ3n) is 3.34. The number of hydrogen-bond donors (Lipinski definition) is 2. The van der Waals surface area contributed by atoms with Gasteiger partial charge >= 0.3 is 5.69 Å². The number of anilines is 1. The maximum atomic E-state index is 12.2. The highest BCUT2D eigenvalue weighted by molar-refractivity contribution is 5.81. The maximum Gasteiger partial charge on any atom is 0.331 e. The second-order valence-corrected chi connectivity index (χ2v) is 4.58. The van der Waals surface area contributed by atoms with Gasteiger partial charge in [-0.05, 0) is 24.3 Å². The number of hydrogen-bond acceptors (Lipinski definition) is 4. The summed E-state index contributed by atoms with van der Waals surface area (Å²) in [5, 5.41) is 0. The molecule has 0 saturated heterocycles. The van der Waals surface area contributed by atoms with E-state index in [2.05, 4.69) is 4.98 Å². The van der Waals surface area contributed by atoms with Crippen molar-refractivity contribution in [2.45, 2.75) is 0 Å². The van der Waals surface area contributed by atoms with Crippen LogP contribution in [0.3, 0.4) is 0 Å². The zero-order chi connectivity index (χ0) is 15.0. The number of nitrogens with zero attached hydrogens (tertiary/aromatic N) is 1. The maximum absolute atomic E-state index is 12.2. The third kappa shape index (κ3) is 2.10. The van der Waals surface area contributed by atoms with Gasteiger partial charge in [-0.25, -0.2) is 4.79 Å². The van der Waals surface area contributed by atoms with Crippen LogP contribution in [0.15, 0.2) is 41.2 Å². The molecule has 0 bridgehead atoms. The molecule has 21 heavy (non-hydrogen) atoms. The van der Waals surface area contributed by atoms with Crippen molar-refractivity contribution < 1.29 is 9.47 Å². The normalized spacial score (nSPS) is 10.8. The molecule has 6 nitrogen and oxygen atoms in total. The molecule has 0 fully saturated rings.